The van der Waals surface area contributed by atoms with Crippen LogP contribution in [0.5, 0.6) is 0 Å². The Bertz CT molecular complexity index is 892. The average Bonchev–Trinajstić information content (AvgIpc) is 3.10. The van der Waals surface area contributed by atoms with E-state index in [1.54, 1.807) is 11.3 Å². The quantitative estimate of drug-likeness (QED) is 0.465. The van der Waals surface area contributed by atoms with Crippen molar-refractivity contribution in [2.24, 2.45) is 5.10 Å². The molecule has 2 aromatic carbocycles. The summed E-state index contributed by atoms with van der Waals surface area (Å²) in [7, 11) is 0. The van der Waals surface area contributed by atoms with Gasteiger partial charge in [-0.2, -0.15) is 5.10 Å². The van der Waals surface area contributed by atoms with E-state index in [2.05, 4.69) is 84.1 Å². The molecule has 128 valence electrons. The maximum Gasteiger partial charge on any atom is 0.203 e. The van der Waals surface area contributed by atoms with E-state index in [0.29, 0.717) is 0 Å². The Morgan fingerprint density at radius 1 is 1.12 bits per heavy atom. The van der Waals surface area contributed by atoms with Gasteiger partial charge in [0.15, 0.2) is 0 Å². The molecule has 4 heteroatoms. The van der Waals surface area contributed by atoms with Crippen LogP contribution < -0.4 is 5.43 Å². The zero-order chi connectivity index (χ0) is 17.8. The summed E-state index contributed by atoms with van der Waals surface area (Å²) in [6, 6.07) is 15.0. The molecule has 0 aliphatic heterocycles. The minimum absolute atomic E-state index is 0.806. The molecule has 0 atom stereocenters. The molecule has 1 N–H and O–H groups in total. The number of aromatic nitrogens is 1. The van der Waals surface area contributed by atoms with E-state index in [9.17, 15) is 0 Å². The van der Waals surface area contributed by atoms with Crippen molar-refractivity contribution in [2.45, 2.75) is 34.1 Å². The number of nitrogens with zero attached hydrogens (tertiary/aromatic N) is 2. The monoisotopic (exact) mass is 349 g/mol. The van der Waals surface area contributed by atoms with Gasteiger partial charge < -0.3 is 0 Å². The number of anilines is 1. The first-order valence-electron chi connectivity index (χ1n) is 8.49. The van der Waals surface area contributed by atoms with E-state index in [-0.39, 0.29) is 0 Å². The van der Waals surface area contributed by atoms with Gasteiger partial charge in [0.05, 0.1) is 11.4 Å². The molecule has 0 aliphatic rings. The van der Waals surface area contributed by atoms with Crippen molar-refractivity contribution < 1.29 is 0 Å². The highest BCUT2D eigenvalue weighted by molar-refractivity contribution is 7.14. The normalized spacial score (nSPS) is 11.6. The fourth-order valence-electron chi connectivity index (χ4n) is 2.64. The van der Waals surface area contributed by atoms with Gasteiger partial charge >= 0.3 is 0 Å². The molecule has 1 aromatic heterocycles. The van der Waals surface area contributed by atoms with Crippen LogP contribution in [0.3, 0.4) is 0 Å². The van der Waals surface area contributed by atoms with Gasteiger partial charge in [-0.15, -0.1) is 11.3 Å². The van der Waals surface area contributed by atoms with E-state index in [4.69, 9.17) is 0 Å². The molecule has 3 aromatic rings. The lowest BCUT2D eigenvalue weighted by Crippen LogP contribution is -1.99. The number of hydrogen-bond acceptors (Lipinski definition) is 4. The van der Waals surface area contributed by atoms with Crippen molar-refractivity contribution in [1.82, 2.24) is 4.98 Å². The van der Waals surface area contributed by atoms with Gasteiger partial charge in [-0.1, -0.05) is 48.9 Å². The van der Waals surface area contributed by atoms with Crippen molar-refractivity contribution in [1.29, 1.82) is 0 Å². The molecule has 0 amide bonds. The molecule has 3 nitrogen and oxygen atoms in total. The predicted octanol–water partition coefficient (Wildman–Crippen LogP) is 5.83. The van der Waals surface area contributed by atoms with Gasteiger partial charge in [-0.3, -0.25) is 5.43 Å². The largest absolute Gasteiger partial charge is 0.252 e. The van der Waals surface area contributed by atoms with Crippen LogP contribution in [0.15, 0.2) is 52.9 Å². The lowest BCUT2D eigenvalue weighted by Gasteiger charge is -2.04. The summed E-state index contributed by atoms with van der Waals surface area (Å²) in [5, 5.41) is 7.36. The van der Waals surface area contributed by atoms with Gasteiger partial charge in [0.1, 0.15) is 0 Å². The van der Waals surface area contributed by atoms with Crippen molar-refractivity contribution >= 4 is 22.2 Å². The number of benzene rings is 2. The molecule has 3 rings (SSSR count). The maximum absolute atomic E-state index is 4.68. The smallest absolute Gasteiger partial charge is 0.203 e. The van der Waals surface area contributed by atoms with Gasteiger partial charge in [0.2, 0.25) is 5.13 Å². The molecule has 0 bridgehead atoms. The molecule has 25 heavy (non-hydrogen) atoms. The molecule has 0 saturated carbocycles. The Labute approximate surface area is 153 Å². The van der Waals surface area contributed by atoms with Crippen LogP contribution in [-0.4, -0.2) is 10.7 Å². The van der Waals surface area contributed by atoms with Crippen LogP contribution in [0.2, 0.25) is 0 Å². The van der Waals surface area contributed by atoms with Crippen molar-refractivity contribution in [3.63, 3.8) is 0 Å². The molecular formula is C21H23N3S. The van der Waals surface area contributed by atoms with Crippen molar-refractivity contribution in [3.05, 3.63) is 70.1 Å². The van der Waals surface area contributed by atoms with Crippen LogP contribution in [-0.2, 0) is 6.42 Å². The molecule has 0 spiro atoms. The fourth-order valence-corrected chi connectivity index (χ4v) is 3.29. The lowest BCUT2D eigenvalue weighted by atomic mass is 10.0. The topological polar surface area (TPSA) is 37.3 Å². The van der Waals surface area contributed by atoms with E-state index >= 15 is 0 Å². The van der Waals surface area contributed by atoms with E-state index < -0.39 is 0 Å². The van der Waals surface area contributed by atoms with Gasteiger partial charge in [0.25, 0.3) is 0 Å². The van der Waals surface area contributed by atoms with Crippen LogP contribution in [0.4, 0.5) is 5.13 Å². The van der Waals surface area contributed by atoms with Gasteiger partial charge in [-0.05, 0) is 49.9 Å². The summed E-state index contributed by atoms with van der Waals surface area (Å²) in [6.07, 6.45) is 1.05. The number of hydrogen-bond donors (Lipinski definition) is 1. The Kier molecular flexibility index (Phi) is 5.29. The second-order valence-electron chi connectivity index (χ2n) is 6.22. The van der Waals surface area contributed by atoms with E-state index in [0.717, 1.165) is 28.5 Å². The summed E-state index contributed by atoms with van der Waals surface area (Å²) in [5.74, 6) is 0. The maximum atomic E-state index is 4.68. The summed E-state index contributed by atoms with van der Waals surface area (Å²) in [6.45, 7) is 8.39. The first-order chi connectivity index (χ1) is 12.1. The molecular weight excluding hydrogens is 326 g/mol. The molecule has 0 fully saturated rings. The summed E-state index contributed by atoms with van der Waals surface area (Å²) >= 11 is 1.57. The van der Waals surface area contributed by atoms with Crippen molar-refractivity contribution in [2.75, 3.05) is 5.43 Å². The number of nitrogens with one attached hydrogen (secondary N) is 1. The van der Waals surface area contributed by atoms with Gasteiger partial charge in [0, 0.05) is 10.9 Å². The summed E-state index contributed by atoms with van der Waals surface area (Å²) in [5.41, 5.74) is 11.2. The lowest BCUT2D eigenvalue weighted by molar-refractivity contribution is 1.14. The first kappa shape index (κ1) is 17.4. The molecule has 0 aliphatic carbocycles. The van der Waals surface area contributed by atoms with Crippen LogP contribution in [0.1, 0.15) is 36.1 Å². The number of thiazole rings is 1. The Morgan fingerprint density at radius 3 is 2.60 bits per heavy atom. The fraction of sp³-hybridized carbons (Fsp3) is 0.238. The standard InChI is InChI=1S/C21H23N3S/c1-5-17-8-10-18(11-9-17)16(4)23-24-21-22-20(13-25-21)19-12-14(2)6-7-15(19)3/h6-13H,5H2,1-4H3,(H,22,24)/b23-16+. The molecule has 1 heterocycles. The third-order valence-corrected chi connectivity index (χ3v) is 5.02. The summed E-state index contributed by atoms with van der Waals surface area (Å²) < 4.78 is 0. The Hall–Kier alpha value is -2.46. The highest BCUT2D eigenvalue weighted by atomic mass is 32.1. The minimum atomic E-state index is 0.806. The SMILES string of the molecule is CCc1ccc(/C(C)=N/Nc2nc(-c3cc(C)ccc3C)cs2)cc1. The van der Waals surface area contributed by atoms with E-state index in [1.807, 2.05) is 6.92 Å². The average molecular weight is 350 g/mol. The van der Waals surface area contributed by atoms with Crippen LogP contribution in [0.25, 0.3) is 11.3 Å². The predicted molar refractivity (Wildman–Crippen MR) is 109 cm³/mol. The van der Waals surface area contributed by atoms with Crippen molar-refractivity contribution in [3.8, 4) is 11.3 Å². The third kappa shape index (κ3) is 4.15. The first-order valence-corrected chi connectivity index (χ1v) is 9.37. The molecule has 0 unspecified atom stereocenters. The highest BCUT2D eigenvalue weighted by Gasteiger charge is 2.07. The number of hydrazone groups is 1. The zero-order valence-electron chi connectivity index (χ0n) is 15.1. The molecule has 0 saturated heterocycles. The summed E-state index contributed by atoms with van der Waals surface area (Å²) in [4.78, 5) is 4.68. The Balaban J connectivity index is 1.75. The zero-order valence-corrected chi connectivity index (χ0v) is 15.9. The second-order valence-corrected chi connectivity index (χ2v) is 7.07. The van der Waals surface area contributed by atoms with Crippen LogP contribution >= 0.6 is 11.3 Å². The number of rotatable bonds is 5. The minimum Gasteiger partial charge on any atom is -0.252 e. The molecule has 0 radical (unpaired) electrons. The van der Waals surface area contributed by atoms with E-state index in [1.165, 1.54) is 22.3 Å². The highest BCUT2D eigenvalue weighted by Crippen LogP contribution is 2.28. The second kappa shape index (κ2) is 7.62. The Morgan fingerprint density at radius 2 is 1.88 bits per heavy atom. The van der Waals surface area contributed by atoms with Gasteiger partial charge in [-0.25, -0.2) is 4.98 Å². The van der Waals surface area contributed by atoms with Crippen LogP contribution in [0, 0.1) is 13.8 Å². The number of aryl methyl sites for hydroxylation is 3. The third-order valence-electron chi connectivity index (χ3n) is 4.27.